The van der Waals surface area contributed by atoms with E-state index in [1.54, 1.807) is 18.5 Å². The van der Waals surface area contributed by atoms with Gasteiger partial charge in [0.2, 0.25) is 5.91 Å². The molecule has 1 heterocycles. The van der Waals surface area contributed by atoms with Gasteiger partial charge < -0.3 is 19.8 Å². The molecule has 2 aromatic rings. The molecule has 0 bridgehead atoms. The SMILES string of the molecule is C[Si](C)(C)CCOCOc1ccc(-n2ccc(C(N)=O)c2)cc1. The Hall–Kier alpha value is -2.05. The molecule has 1 aromatic heterocycles. The largest absolute Gasteiger partial charge is 0.468 e. The van der Waals surface area contributed by atoms with Crippen molar-refractivity contribution in [3.63, 3.8) is 0 Å². The van der Waals surface area contributed by atoms with Crippen LogP contribution in [0.2, 0.25) is 25.7 Å². The highest BCUT2D eigenvalue weighted by Crippen LogP contribution is 2.16. The third-order valence-electron chi connectivity index (χ3n) is 3.42. The molecule has 0 aliphatic rings. The number of rotatable bonds is 8. The molecule has 0 atom stereocenters. The lowest BCUT2D eigenvalue weighted by molar-refractivity contribution is 0.0220. The number of aromatic nitrogens is 1. The zero-order valence-electron chi connectivity index (χ0n) is 13.9. The Labute approximate surface area is 138 Å². The first-order chi connectivity index (χ1) is 10.8. The standard InChI is InChI=1S/C17H24N2O3Si/c1-23(2,3)11-10-21-13-22-16-6-4-15(5-7-16)19-9-8-14(12-19)17(18)20/h4-9,12H,10-11,13H2,1-3H3,(H2,18,20). The number of hydrogen-bond donors (Lipinski definition) is 1. The van der Waals surface area contributed by atoms with Gasteiger partial charge in [0, 0.05) is 32.8 Å². The van der Waals surface area contributed by atoms with Crippen LogP contribution in [0.3, 0.4) is 0 Å². The van der Waals surface area contributed by atoms with Crippen LogP contribution in [0.15, 0.2) is 42.7 Å². The first-order valence-electron chi connectivity index (χ1n) is 7.64. The molecule has 0 spiro atoms. The predicted octanol–water partition coefficient (Wildman–Crippen LogP) is 3.27. The Morgan fingerprint density at radius 3 is 2.43 bits per heavy atom. The van der Waals surface area contributed by atoms with E-state index < -0.39 is 14.0 Å². The van der Waals surface area contributed by atoms with Gasteiger partial charge in [-0.1, -0.05) is 19.6 Å². The van der Waals surface area contributed by atoms with Crippen LogP contribution < -0.4 is 10.5 Å². The van der Waals surface area contributed by atoms with Crippen LogP contribution in [0.5, 0.6) is 5.75 Å². The Morgan fingerprint density at radius 1 is 1.17 bits per heavy atom. The van der Waals surface area contributed by atoms with Crippen LogP contribution in [-0.4, -0.2) is 31.9 Å². The van der Waals surface area contributed by atoms with E-state index in [9.17, 15) is 4.79 Å². The number of carbonyl (C=O) groups is 1. The summed E-state index contributed by atoms with van der Waals surface area (Å²) in [6.07, 6.45) is 3.51. The fourth-order valence-electron chi connectivity index (χ4n) is 1.96. The van der Waals surface area contributed by atoms with E-state index in [4.69, 9.17) is 15.2 Å². The van der Waals surface area contributed by atoms with Gasteiger partial charge in [0.05, 0.1) is 5.56 Å². The van der Waals surface area contributed by atoms with Crippen LogP contribution in [-0.2, 0) is 4.74 Å². The lowest BCUT2D eigenvalue weighted by Gasteiger charge is -2.15. The van der Waals surface area contributed by atoms with Crippen LogP contribution in [0, 0.1) is 0 Å². The predicted molar refractivity (Wildman–Crippen MR) is 93.9 cm³/mol. The summed E-state index contributed by atoms with van der Waals surface area (Å²) in [5, 5.41) is 0. The number of nitrogens with two attached hydrogens (primary N) is 1. The van der Waals surface area contributed by atoms with Gasteiger partial charge >= 0.3 is 0 Å². The topological polar surface area (TPSA) is 66.5 Å². The molecule has 2 rings (SSSR count). The smallest absolute Gasteiger partial charge is 0.250 e. The van der Waals surface area contributed by atoms with Crippen molar-refractivity contribution < 1.29 is 14.3 Å². The van der Waals surface area contributed by atoms with Gasteiger partial charge in [-0.25, -0.2) is 0 Å². The zero-order chi connectivity index (χ0) is 16.9. The molecule has 23 heavy (non-hydrogen) atoms. The number of primary amides is 1. The molecule has 1 amide bonds. The van der Waals surface area contributed by atoms with Gasteiger partial charge in [-0.05, 0) is 36.4 Å². The number of ether oxygens (including phenoxy) is 2. The minimum Gasteiger partial charge on any atom is -0.468 e. The summed E-state index contributed by atoms with van der Waals surface area (Å²) >= 11 is 0. The lowest BCUT2D eigenvalue weighted by atomic mass is 10.3. The highest BCUT2D eigenvalue weighted by Gasteiger charge is 2.11. The summed E-state index contributed by atoms with van der Waals surface area (Å²) in [7, 11) is -1.05. The maximum absolute atomic E-state index is 11.1. The van der Waals surface area contributed by atoms with Crippen molar-refractivity contribution in [3.05, 3.63) is 48.3 Å². The summed E-state index contributed by atoms with van der Waals surface area (Å²) in [5.74, 6) is 0.322. The van der Waals surface area contributed by atoms with E-state index >= 15 is 0 Å². The van der Waals surface area contributed by atoms with Crippen LogP contribution in [0.1, 0.15) is 10.4 Å². The second kappa shape index (κ2) is 7.48. The van der Waals surface area contributed by atoms with E-state index in [0.29, 0.717) is 5.56 Å². The highest BCUT2D eigenvalue weighted by molar-refractivity contribution is 6.76. The Morgan fingerprint density at radius 2 is 1.87 bits per heavy atom. The van der Waals surface area contributed by atoms with Gasteiger partial charge in [0.15, 0.2) is 6.79 Å². The summed E-state index contributed by atoms with van der Waals surface area (Å²) in [4.78, 5) is 11.1. The average Bonchev–Trinajstić information content (AvgIpc) is 2.96. The maximum atomic E-state index is 11.1. The van der Waals surface area contributed by atoms with Crippen LogP contribution in [0.4, 0.5) is 0 Å². The number of benzene rings is 1. The molecule has 2 N–H and O–H groups in total. The Bertz CT molecular complexity index is 645. The molecule has 0 fully saturated rings. The fourth-order valence-corrected chi connectivity index (χ4v) is 2.72. The zero-order valence-corrected chi connectivity index (χ0v) is 14.9. The van der Waals surface area contributed by atoms with Gasteiger partial charge in [-0.3, -0.25) is 4.79 Å². The number of hydrogen-bond acceptors (Lipinski definition) is 3. The van der Waals surface area contributed by atoms with Crippen molar-refractivity contribution in [3.8, 4) is 11.4 Å². The molecular formula is C17H24N2O3Si. The van der Waals surface area contributed by atoms with Crippen molar-refractivity contribution >= 4 is 14.0 Å². The molecule has 0 aliphatic carbocycles. The second-order valence-corrected chi connectivity index (χ2v) is 12.3. The molecule has 0 saturated heterocycles. The van der Waals surface area contributed by atoms with E-state index in [0.717, 1.165) is 24.1 Å². The molecule has 124 valence electrons. The first kappa shape index (κ1) is 17.3. The Balaban J connectivity index is 1.83. The number of carbonyl (C=O) groups excluding carboxylic acids is 1. The molecular weight excluding hydrogens is 308 g/mol. The van der Waals surface area contributed by atoms with E-state index in [1.807, 2.05) is 28.8 Å². The fraction of sp³-hybridized carbons (Fsp3) is 0.353. The molecule has 0 saturated carbocycles. The second-order valence-electron chi connectivity index (χ2n) is 6.65. The summed E-state index contributed by atoms with van der Waals surface area (Å²) in [5.41, 5.74) is 6.67. The van der Waals surface area contributed by atoms with Crippen LogP contribution in [0.25, 0.3) is 5.69 Å². The van der Waals surface area contributed by atoms with Crippen molar-refractivity contribution in [2.24, 2.45) is 5.73 Å². The molecule has 5 nitrogen and oxygen atoms in total. The number of nitrogens with zero attached hydrogens (tertiary/aromatic N) is 1. The van der Waals surface area contributed by atoms with Crippen molar-refractivity contribution in [2.75, 3.05) is 13.4 Å². The summed E-state index contributed by atoms with van der Waals surface area (Å²) < 4.78 is 12.9. The van der Waals surface area contributed by atoms with E-state index in [1.165, 1.54) is 0 Å². The average molecular weight is 332 g/mol. The molecule has 6 heteroatoms. The normalized spacial score (nSPS) is 11.4. The Kier molecular flexibility index (Phi) is 5.62. The first-order valence-corrected chi connectivity index (χ1v) is 11.3. The van der Waals surface area contributed by atoms with E-state index in [2.05, 4.69) is 19.6 Å². The highest BCUT2D eigenvalue weighted by atomic mass is 28.3. The van der Waals surface area contributed by atoms with Crippen LogP contribution >= 0.6 is 0 Å². The molecule has 1 aromatic carbocycles. The molecule has 0 unspecified atom stereocenters. The quantitative estimate of drug-likeness (QED) is 0.458. The number of amides is 1. The third-order valence-corrected chi connectivity index (χ3v) is 5.12. The molecule has 0 aliphatic heterocycles. The van der Waals surface area contributed by atoms with E-state index in [-0.39, 0.29) is 6.79 Å². The van der Waals surface area contributed by atoms with Gasteiger partial charge in [0.1, 0.15) is 5.75 Å². The van der Waals surface area contributed by atoms with Crippen molar-refractivity contribution in [1.82, 2.24) is 4.57 Å². The minimum absolute atomic E-state index is 0.263. The maximum Gasteiger partial charge on any atom is 0.250 e. The van der Waals surface area contributed by atoms with Gasteiger partial charge in [0.25, 0.3) is 0 Å². The molecule has 0 radical (unpaired) electrons. The minimum atomic E-state index is -1.05. The monoisotopic (exact) mass is 332 g/mol. The van der Waals surface area contributed by atoms with Crippen molar-refractivity contribution in [1.29, 1.82) is 0 Å². The third kappa shape index (κ3) is 5.58. The van der Waals surface area contributed by atoms with Crippen molar-refractivity contribution in [2.45, 2.75) is 25.7 Å². The lowest BCUT2D eigenvalue weighted by Crippen LogP contribution is -2.22. The van der Waals surface area contributed by atoms with Gasteiger partial charge in [-0.15, -0.1) is 0 Å². The van der Waals surface area contributed by atoms with Gasteiger partial charge in [-0.2, -0.15) is 0 Å². The summed E-state index contributed by atoms with van der Waals surface area (Å²) in [6, 6.07) is 10.4. The summed E-state index contributed by atoms with van der Waals surface area (Å²) in [6.45, 7) is 7.97.